The van der Waals surface area contributed by atoms with Crippen LogP contribution in [0.5, 0.6) is 0 Å². The molecule has 1 fully saturated rings. The fourth-order valence-corrected chi connectivity index (χ4v) is 1.93. The van der Waals surface area contributed by atoms with Gasteiger partial charge in [0.1, 0.15) is 0 Å². The molecule has 1 aliphatic heterocycles. The summed E-state index contributed by atoms with van der Waals surface area (Å²) >= 11 is 0. The predicted octanol–water partition coefficient (Wildman–Crippen LogP) is 1.04. The quantitative estimate of drug-likeness (QED) is 0.733. The maximum absolute atomic E-state index is 11.4. The molecule has 15 heavy (non-hydrogen) atoms. The smallest absolute Gasteiger partial charge is 0.317 e. The minimum atomic E-state index is 0.0476. The molecule has 1 aliphatic rings. The summed E-state index contributed by atoms with van der Waals surface area (Å²) in [4.78, 5) is 13.2. The zero-order chi connectivity index (χ0) is 11.1. The number of piperidine rings is 1. The third kappa shape index (κ3) is 4.51. The number of nitrogens with one attached hydrogen (secondary N) is 2. The fraction of sp³-hybridized carbons (Fsp3) is 0.909. The second-order valence-electron chi connectivity index (χ2n) is 4.24. The fourth-order valence-electron chi connectivity index (χ4n) is 1.93. The molecule has 0 radical (unpaired) electrons. The molecule has 0 aliphatic carbocycles. The molecule has 2 amide bonds. The van der Waals surface area contributed by atoms with Gasteiger partial charge in [-0.25, -0.2) is 4.79 Å². The number of carbonyl (C=O) groups is 1. The van der Waals surface area contributed by atoms with E-state index in [1.54, 1.807) is 4.90 Å². The standard InChI is InChI=1S/C11H23N3O/c1-3-13-11(15)14(2)9-6-10-4-7-12-8-5-10/h10,12H,3-9H2,1-2H3,(H,13,15). The van der Waals surface area contributed by atoms with E-state index < -0.39 is 0 Å². The van der Waals surface area contributed by atoms with Crippen molar-refractivity contribution in [3.05, 3.63) is 0 Å². The predicted molar refractivity (Wildman–Crippen MR) is 61.9 cm³/mol. The first-order valence-electron chi connectivity index (χ1n) is 5.93. The van der Waals surface area contributed by atoms with Crippen LogP contribution in [0.1, 0.15) is 26.2 Å². The highest BCUT2D eigenvalue weighted by atomic mass is 16.2. The van der Waals surface area contributed by atoms with Crippen molar-refractivity contribution in [2.45, 2.75) is 26.2 Å². The third-order valence-corrected chi connectivity index (χ3v) is 3.01. The van der Waals surface area contributed by atoms with Crippen molar-refractivity contribution >= 4 is 6.03 Å². The zero-order valence-corrected chi connectivity index (χ0v) is 9.88. The second kappa shape index (κ2) is 6.67. The van der Waals surface area contributed by atoms with Gasteiger partial charge in [0.25, 0.3) is 0 Å². The first kappa shape index (κ1) is 12.3. The van der Waals surface area contributed by atoms with E-state index >= 15 is 0 Å². The summed E-state index contributed by atoms with van der Waals surface area (Å²) < 4.78 is 0. The molecule has 0 atom stereocenters. The van der Waals surface area contributed by atoms with Gasteiger partial charge >= 0.3 is 6.03 Å². The molecule has 0 aromatic carbocycles. The number of hydrogen-bond donors (Lipinski definition) is 2. The van der Waals surface area contributed by atoms with Crippen LogP contribution in [0.15, 0.2) is 0 Å². The Balaban J connectivity index is 2.14. The van der Waals surface area contributed by atoms with Crippen LogP contribution in [0, 0.1) is 5.92 Å². The maximum atomic E-state index is 11.4. The van der Waals surface area contributed by atoms with Crippen molar-refractivity contribution in [3.63, 3.8) is 0 Å². The normalized spacial score (nSPS) is 17.5. The third-order valence-electron chi connectivity index (χ3n) is 3.01. The Bertz CT molecular complexity index is 190. The highest BCUT2D eigenvalue weighted by Gasteiger charge is 2.14. The SMILES string of the molecule is CCNC(=O)N(C)CCC1CCNCC1. The molecule has 88 valence electrons. The van der Waals surface area contributed by atoms with Crippen molar-refractivity contribution in [1.29, 1.82) is 0 Å². The Kier molecular flexibility index (Phi) is 5.47. The van der Waals surface area contributed by atoms with E-state index in [9.17, 15) is 4.79 Å². The summed E-state index contributed by atoms with van der Waals surface area (Å²) in [6.45, 7) is 5.79. The lowest BCUT2D eigenvalue weighted by Crippen LogP contribution is -2.38. The van der Waals surface area contributed by atoms with Crippen LogP contribution in [0.3, 0.4) is 0 Å². The average Bonchev–Trinajstić information content (AvgIpc) is 2.27. The Labute approximate surface area is 92.4 Å². The molecule has 2 N–H and O–H groups in total. The molecule has 0 bridgehead atoms. The molecule has 0 spiro atoms. The lowest BCUT2D eigenvalue weighted by atomic mass is 9.94. The van der Waals surface area contributed by atoms with Gasteiger partial charge in [-0.05, 0) is 45.2 Å². The van der Waals surface area contributed by atoms with Crippen LogP contribution in [0.2, 0.25) is 0 Å². The summed E-state index contributed by atoms with van der Waals surface area (Å²) in [5.74, 6) is 0.795. The summed E-state index contributed by atoms with van der Waals surface area (Å²) in [7, 11) is 1.87. The summed E-state index contributed by atoms with van der Waals surface area (Å²) in [5.41, 5.74) is 0. The van der Waals surface area contributed by atoms with E-state index in [0.29, 0.717) is 6.54 Å². The molecule has 0 aromatic rings. The molecule has 0 unspecified atom stereocenters. The number of hydrogen-bond acceptors (Lipinski definition) is 2. The average molecular weight is 213 g/mol. The van der Waals surface area contributed by atoms with Crippen LogP contribution >= 0.6 is 0 Å². The van der Waals surface area contributed by atoms with E-state index in [4.69, 9.17) is 0 Å². The first-order chi connectivity index (χ1) is 7.24. The van der Waals surface area contributed by atoms with Gasteiger partial charge in [-0.2, -0.15) is 0 Å². The van der Waals surface area contributed by atoms with Crippen molar-refractivity contribution in [2.24, 2.45) is 5.92 Å². The van der Waals surface area contributed by atoms with E-state index in [-0.39, 0.29) is 6.03 Å². The lowest BCUT2D eigenvalue weighted by Gasteiger charge is -2.25. The van der Waals surface area contributed by atoms with Crippen molar-refractivity contribution < 1.29 is 4.79 Å². The van der Waals surface area contributed by atoms with Crippen LogP contribution < -0.4 is 10.6 Å². The Hall–Kier alpha value is -0.770. The Morgan fingerprint density at radius 3 is 2.73 bits per heavy atom. The van der Waals surface area contributed by atoms with Crippen LogP contribution in [-0.2, 0) is 0 Å². The van der Waals surface area contributed by atoms with Gasteiger partial charge in [-0.15, -0.1) is 0 Å². The number of urea groups is 1. The first-order valence-corrected chi connectivity index (χ1v) is 5.93. The van der Waals surface area contributed by atoms with Crippen molar-refractivity contribution in [3.8, 4) is 0 Å². The van der Waals surface area contributed by atoms with Crippen molar-refractivity contribution in [1.82, 2.24) is 15.5 Å². The number of rotatable bonds is 4. The highest BCUT2D eigenvalue weighted by Crippen LogP contribution is 2.15. The molecule has 4 heteroatoms. The molecular formula is C11H23N3O. The van der Waals surface area contributed by atoms with Crippen LogP contribution in [-0.4, -0.2) is 44.2 Å². The Morgan fingerprint density at radius 2 is 2.13 bits per heavy atom. The molecule has 0 saturated carbocycles. The van der Waals surface area contributed by atoms with Gasteiger partial charge in [0.2, 0.25) is 0 Å². The lowest BCUT2D eigenvalue weighted by molar-refractivity contribution is 0.203. The number of nitrogens with zero attached hydrogens (tertiary/aromatic N) is 1. The van der Waals surface area contributed by atoms with Crippen LogP contribution in [0.4, 0.5) is 4.79 Å². The molecule has 1 heterocycles. The summed E-state index contributed by atoms with van der Waals surface area (Å²) in [6, 6.07) is 0.0476. The number of amides is 2. The number of carbonyl (C=O) groups excluding carboxylic acids is 1. The molecule has 0 aromatic heterocycles. The van der Waals surface area contributed by atoms with Crippen LogP contribution in [0.25, 0.3) is 0 Å². The molecular weight excluding hydrogens is 190 g/mol. The second-order valence-corrected chi connectivity index (χ2v) is 4.24. The summed E-state index contributed by atoms with van der Waals surface area (Å²) in [6.07, 6.45) is 3.64. The van der Waals surface area contributed by atoms with Gasteiger partial charge in [0.05, 0.1) is 0 Å². The van der Waals surface area contributed by atoms with E-state index in [0.717, 1.165) is 32.0 Å². The maximum Gasteiger partial charge on any atom is 0.317 e. The molecule has 1 saturated heterocycles. The minimum Gasteiger partial charge on any atom is -0.338 e. The van der Waals surface area contributed by atoms with Gasteiger partial charge in [0, 0.05) is 20.1 Å². The zero-order valence-electron chi connectivity index (χ0n) is 9.88. The topological polar surface area (TPSA) is 44.4 Å². The van der Waals surface area contributed by atoms with Gasteiger partial charge < -0.3 is 15.5 Å². The van der Waals surface area contributed by atoms with Gasteiger partial charge in [-0.1, -0.05) is 0 Å². The van der Waals surface area contributed by atoms with E-state index in [2.05, 4.69) is 10.6 Å². The minimum absolute atomic E-state index is 0.0476. The van der Waals surface area contributed by atoms with Crippen molar-refractivity contribution in [2.75, 3.05) is 33.2 Å². The van der Waals surface area contributed by atoms with E-state index in [1.165, 1.54) is 12.8 Å². The highest BCUT2D eigenvalue weighted by molar-refractivity contribution is 5.73. The van der Waals surface area contributed by atoms with Gasteiger partial charge in [-0.3, -0.25) is 0 Å². The summed E-state index contributed by atoms with van der Waals surface area (Å²) in [5, 5.41) is 6.16. The largest absolute Gasteiger partial charge is 0.338 e. The van der Waals surface area contributed by atoms with Gasteiger partial charge in [0.15, 0.2) is 0 Å². The Morgan fingerprint density at radius 1 is 1.47 bits per heavy atom. The molecule has 4 nitrogen and oxygen atoms in total. The monoisotopic (exact) mass is 213 g/mol. The van der Waals surface area contributed by atoms with E-state index in [1.807, 2.05) is 14.0 Å². The molecule has 1 rings (SSSR count).